The fourth-order valence-corrected chi connectivity index (χ4v) is 4.17. The first-order valence-electron chi connectivity index (χ1n) is 10.6. The summed E-state index contributed by atoms with van der Waals surface area (Å²) >= 11 is 0. The van der Waals surface area contributed by atoms with Crippen molar-refractivity contribution >= 4 is 13.7 Å². The number of benzene rings is 1. The number of aromatic amines is 1. The molecule has 1 fully saturated rings. The van der Waals surface area contributed by atoms with Crippen LogP contribution in [0.15, 0.2) is 46.1 Å². The van der Waals surface area contributed by atoms with Gasteiger partial charge in [0.05, 0.1) is 6.61 Å². The molecule has 1 aromatic carbocycles. The van der Waals surface area contributed by atoms with Crippen molar-refractivity contribution < 1.29 is 43.6 Å². The SMILES string of the molecule is CCCOc1cccc(C(OC(=O)NC[C@H]2O[C@@H](n3ccc(=O)[nH]c3=O)[C@H](O)[C@@H]2O)P(=O)(O)O)c1. The standard InChI is InChI=1S/C20H26N3O11P/c1-2-8-32-12-5-3-4-11(9-12)18(35(29,30)31)34-20(28)21-10-13-15(25)16(26)17(33-13)23-7-6-14(24)22-19(23)27/h3-7,9,13,15-18,25-26H,2,8,10H2,1H3,(H,21,28)(H,22,24,27)(H2,29,30,31)/t13-,15-,16-,17-,18?/m1/s1. The number of nitrogens with zero attached hydrogens (tertiary/aromatic N) is 1. The number of rotatable bonds is 9. The monoisotopic (exact) mass is 515 g/mol. The van der Waals surface area contributed by atoms with Gasteiger partial charge in [0, 0.05) is 24.4 Å². The number of aliphatic hydroxyl groups excluding tert-OH is 2. The largest absolute Gasteiger partial charge is 0.494 e. The van der Waals surface area contributed by atoms with E-state index in [1.165, 1.54) is 18.2 Å². The molecule has 0 saturated carbocycles. The van der Waals surface area contributed by atoms with Crippen LogP contribution < -0.4 is 21.3 Å². The van der Waals surface area contributed by atoms with Crippen LogP contribution in [-0.4, -0.2) is 67.1 Å². The quantitative estimate of drug-likeness (QED) is 0.236. The molecule has 5 atom stereocenters. The predicted molar refractivity (Wildman–Crippen MR) is 119 cm³/mol. The number of amides is 1. The normalized spacial score (nSPS) is 23.0. The lowest BCUT2D eigenvalue weighted by Gasteiger charge is -2.21. The average molecular weight is 515 g/mol. The van der Waals surface area contributed by atoms with E-state index in [1.54, 1.807) is 6.07 Å². The maximum atomic E-state index is 12.3. The maximum Gasteiger partial charge on any atom is 0.408 e. The van der Waals surface area contributed by atoms with E-state index in [4.69, 9.17) is 14.2 Å². The minimum absolute atomic E-state index is 0.00664. The lowest BCUT2D eigenvalue weighted by atomic mass is 10.1. The van der Waals surface area contributed by atoms with E-state index in [2.05, 4.69) is 5.32 Å². The first-order chi connectivity index (χ1) is 16.5. The number of ether oxygens (including phenoxy) is 3. The summed E-state index contributed by atoms with van der Waals surface area (Å²) in [6.45, 7) is 1.84. The van der Waals surface area contributed by atoms with Crippen molar-refractivity contribution in [2.45, 2.75) is 43.7 Å². The van der Waals surface area contributed by atoms with Crippen molar-refractivity contribution in [3.8, 4) is 5.75 Å². The summed E-state index contributed by atoms with van der Waals surface area (Å²) in [7, 11) is -4.95. The second kappa shape index (κ2) is 11.2. The lowest BCUT2D eigenvalue weighted by molar-refractivity contribution is -0.0391. The highest BCUT2D eigenvalue weighted by Gasteiger charge is 2.44. The molecule has 1 aromatic heterocycles. The molecule has 0 radical (unpaired) electrons. The summed E-state index contributed by atoms with van der Waals surface area (Å²) in [6, 6.07) is 6.82. The molecule has 1 saturated heterocycles. The summed E-state index contributed by atoms with van der Waals surface area (Å²) in [4.78, 5) is 56.9. The van der Waals surface area contributed by atoms with E-state index in [-0.39, 0.29) is 5.56 Å². The van der Waals surface area contributed by atoms with Crippen molar-refractivity contribution in [3.63, 3.8) is 0 Å². The first kappa shape index (κ1) is 26.6. The van der Waals surface area contributed by atoms with Crippen LogP contribution in [0.2, 0.25) is 0 Å². The van der Waals surface area contributed by atoms with E-state index >= 15 is 0 Å². The molecule has 0 bridgehead atoms. The highest BCUT2D eigenvalue weighted by molar-refractivity contribution is 7.52. The van der Waals surface area contributed by atoms with Gasteiger partial charge in [0.25, 0.3) is 5.56 Å². The van der Waals surface area contributed by atoms with Gasteiger partial charge in [-0.3, -0.25) is 18.9 Å². The highest BCUT2D eigenvalue weighted by Crippen LogP contribution is 2.52. The molecule has 2 aromatic rings. The first-order valence-corrected chi connectivity index (χ1v) is 12.2. The molecule has 192 valence electrons. The lowest BCUT2D eigenvalue weighted by Crippen LogP contribution is -2.40. The van der Waals surface area contributed by atoms with Crippen LogP contribution in [0.3, 0.4) is 0 Å². The van der Waals surface area contributed by atoms with Gasteiger partial charge in [-0.2, -0.15) is 0 Å². The Morgan fingerprint density at radius 1 is 1.26 bits per heavy atom. The number of carbonyl (C=O) groups excluding carboxylic acids is 1. The molecule has 1 aliphatic rings. The highest BCUT2D eigenvalue weighted by atomic mass is 31.2. The summed E-state index contributed by atoms with van der Waals surface area (Å²) in [5, 5.41) is 22.7. The van der Waals surface area contributed by atoms with Gasteiger partial charge in [-0.05, 0) is 18.6 Å². The van der Waals surface area contributed by atoms with E-state index in [1.807, 2.05) is 11.9 Å². The molecular weight excluding hydrogens is 489 g/mol. The zero-order valence-corrected chi connectivity index (χ0v) is 19.4. The van der Waals surface area contributed by atoms with Crippen LogP contribution in [0.1, 0.15) is 31.0 Å². The third kappa shape index (κ3) is 6.57. The zero-order valence-electron chi connectivity index (χ0n) is 18.5. The van der Waals surface area contributed by atoms with Crippen molar-refractivity contribution in [1.82, 2.24) is 14.9 Å². The third-order valence-corrected chi connectivity index (χ3v) is 6.06. The Hall–Kier alpha value is -3.00. The fourth-order valence-electron chi connectivity index (χ4n) is 3.39. The van der Waals surface area contributed by atoms with E-state index in [0.717, 1.165) is 16.8 Å². The molecule has 14 nitrogen and oxygen atoms in total. The van der Waals surface area contributed by atoms with Gasteiger partial charge >= 0.3 is 19.4 Å². The molecule has 0 spiro atoms. The molecule has 0 aliphatic carbocycles. The Labute approximate surface area is 198 Å². The fraction of sp³-hybridized carbons (Fsp3) is 0.450. The molecule has 3 rings (SSSR count). The van der Waals surface area contributed by atoms with Crippen LogP contribution in [-0.2, 0) is 14.0 Å². The molecule has 1 aliphatic heterocycles. The van der Waals surface area contributed by atoms with E-state index in [9.17, 15) is 38.9 Å². The number of nitrogens with one attached hydrogen (secondary N) is 2. The van der Waals surface area contributed by atoms with Gasteiger partial charge < -0.3 is 39.5 Å². The van der Waals surface area contributed by atoms with Crippen LogP contribution >= 0.6 is 7.60 Å². The minimum atomic E-state index is -4.95. The number of aromatic nitrogens is 2. The third-order valence-electron chi connectivity index (χ3n) is 5.05. The van der Waals surface area contributed by atoms with Gasteiger partial charge in [-0.15, -0.1) is 0 Å². The Morgan fingerprint density at radius 2 is 2.00 bits per heavy atom. The van der Waals surface area contributed by atoms with E-state index < -0.39 is 61.9 Å². The zero-order chi connectivity index (χ0) is 25.8. The van der Waals surface area contributed by atoms with Crippen LogP contribution in [0.5, 0.6) is 5.75 Å². The Kier molecular flexibility index (Phi) is 8.48. The number of alkyl carbamates (subject to hydrolysis) is 1. The summed E-state index contributed by atoms with van der Waals surface area (Å²) in [5.41, 5.74) is -1.54. The van der Waals surface area contributed by atoms with Gasteiger partial charge in [0.15, 0.2) is 6.23 Å². The smallest absolute Gasteiger partial charge is 0.408 e. The Bertz CT molecular complexity index is 1190. The predicted octanol–water partition coefficient (Wildman–Crippen LogP) is -0.453. The average Bonchev–Trinajstić information content (AvgIpc) is 3.07. The van der Waals surface area contributed by atoms with Crippen molar-refractivity contribution in [3.05, 3.63) is 62.9 Å². The molecule has 35 heavy (non-hydrogen) atoms. The molecule has 15 heteroatoms. The van der Waals surface area contributed by atoms with E-state index in [0.29, 0.717) is 18.8 Å². The van der Waals surface area contributed by atoms with Gasteiger partial charge in [-0.1, -0.05) is 19.1 Å². The second-order valence-electron chi connectivity index (χ2n) is 7.71. The number of carbonyl (C=O) groups is 1. The van der Waals surface area contributed by atoms with Gasteiger partial charge in [0.1, 0.15) is 24.1 Å². The summed E-state index contributed by atoms with van der Waals surface area (Å²) in [6.07, 6.45) is -5.11. The van der Waals surface area contributed by atoms with Crippen molar-refractivity contribution in [2.24, 2.45) is 0 Å². The number of aliphatic hydroxyl groups is 2. The van der Waals surface area contributed by atoms with Crippen LogP contribution in [0.4, 0.5) is 4.79 Å². The number of hydrogen-bond acceptors (Lipinski definition) is 9. The van der Waals surface area contributed by atoms with Gasteiger partial charge in [-0.25, -0.2) is 9.59 Å². The summed E-state index contributed by atoms with van der Waals surface area (Å²) < 4.78 is 28.7. The number of H-pyrrole nitrogens is 1. The van der Waals surface area contributed by atoms with Crippen LogP contribution in [0.25, 0.3) is 0 Å². The molecule has 6 N–H and O–H groups in total. The topological polar surface area (TPSA) is 210 Å². The number of hydrogen-bond donors (Lipinski definition) is 6. The summed E-state index contributed by atoms with van der Waals surface area (Å²) in [5.74, 6) is -1.59. The van der Waals surface area contributed by atoms with Gasteiger partial charge in [0.2, 0.25) is 5.85 Å². The molecular formula is C20H26N3O11P. The van der Waals surface area contributed by atoms with Crippen molar-refractivity contribution in [2.75, 3.05) is 13.2 Å². The minimum Gasteiger partial charge on any atom is -0.494 e. The molecule has 1 unspecified atom stereocenters. The second-order valence-corrected chi connectivity index (χ2v) is 9.36. The Morgan fingerprint density at radius 3 is 2.66 bits per heavy atom. The maximum absolute atomic E-state index is 12.3. The van der Waals surface area contributed by atoms with Crippen molar-refractivity contribution in [1.29, 1.82) is 0 Å². The molecule has 2 heterocycles. The Balaban J connectivity index is 1.66. The molecule has 1 amide bonds. The van der Waals surface area contributed by atoms with Crippen LogP contribution in [0, 0.1) is 0 Å².